The van der Waals surface area contributed by atoms with Crippen molar-refractivity contribution >= 4 is 27.6 Å². The molecule has 0 saturated carbocycles. The summed E-state index contributed by atoms with van der Waals surface area (Å²) in [7, 11) is 0. The van der Waals surface area contributed by atoms with E-state index < -0.39 is 0 Å². The van der Waals surface area contributed by atoms with Gasteiger partial charge in [-0.3, -0.25) is 0 Å². The van der Waals surface area contributed by atoms with Crippen molar-refractivity contribution < 1.29 is 0 Å². The van der Waals surface area contributed by atoms with Crippen molar-refractivity contribution in [3.8, 4) is 11.1 Å². The normalized spacial score (nSPS) is 13.1. The topological polar surface area (TPSA) is 0 Å². The minimum absolute atomic E-state index is 1.12. The molecule has 0 aliphatic heterocycles. The Labute approximate surface area is 161 Å². The van der Waals surface area contributed by atoms with Gasteiger partial charge in [0.25, 0.3) is 0 Å². The fraction of sp³-hybridized carbons (Fsp3) is 0.185. The Hall–Kier alpha value is -2.86. The van der Waals surface area contributed by atoms with E-state index in [1.807, 2.05) is 0 Å². The third-order valence-electron chi connectivity index (χ3n) is 5.85. The zero-order valence-corrected chi connectivity index (χ0v) is 15.8. The molecule has 132 valence electrons. The van der Waals surface area contributed by atoms with E-state index in [1.165, 1.54) is 63.1 Å². The van der Waals surface area contributed by atoms with Gasteiger partial charge in [-0.05, 0) is 75.2 Å². The van der Waals surface area contributed by atoms with Gasteiger partial charge in [-0.1, -0.05) is 85.7 Å². The molecule has 4 aromatic rings. The number of unbranched alkanes of at least 4 members (excludes halogenated alkanes) is 1. The van der Waals surface area contributed by atoms with Crippen molar-refractivity contribution in [2.75, 3.05) is 0 Å². The van der Waals surface area contributed by atoms with E-state index in [0.29, 0.717) is 0 Å². The van der Waals surface area contributed by atoms with Crippen LogP contribution in [0.3, 0.4) is 0 Å². The predicted molar refractivity (Wildman–Crippen MR) is 118 cm³/mol. The zero-order chi connectivity index (χ0) is 18.2. The number of rotatable bonds is 4. The quantitative estimate of drug-likeness (QED) is 0.330. The van der Waals surface area contributed by atoms with Crippen molar-refractivity contribution in [3.05, 3.63) is 89.5 Å². The number of fused-ring (bicyclic) bond motifs is 3. The van der Waals surface area contributed by atoms with Gasteiger partial charge >= 0.3 is 0 Å². The summed E-state index contributed by atoms with van der Waals surface area (Å²) in [4.78, 5) is 0. The molecular formula is C27H24. The first-order chi connectivity index (χ1) is 13.3. The van der Waals surface area contributed by atoms with E-state index in [-0.39, 0.29) is 0 Å². The molecule has 0 atom stereocenters. The first-order valence-electron chi connectivity index (χ1n) is 10.1. The Morgan fingerprint density at radius 3 is 2.33 bits per heavy atom. The van der Waals surface area contributed by atoms with Crippen molar-refractivity contribution in [2.45, 2.75) is 32.6 Å². The Bertz CT molecular complexity index is 1180. The molecule has 0 nitrogen and oxygen atoms in total. The van der Waals surface area contributed by atoms with Crippen LogP contribution in [0, 0.1) is 0 Å². The number of allylic oxidation sites excluding steroid dienone is 1. The van der Waals surface area contributed by atoms with Crippen LogP contribution in [0.25, 0.3) is 38.7 Å². The second kappa shape index (κ2) is 6.70. The highest BCUT2D eigenvalue weighted by Gasteiger charge is 2.17. The first kappa shape index (κ1) is 16.3. The maximum atomic E-state index is 2.46. The van der Waals surface area contributed by atoms with Gasteiger partial charge in [0.05, 0.1) is 0 Å². The van der Waals surface area contributed by atoms with Crippen LogP contribution in [0.4, 0.5) is 0 Å². The molecule has 0 aromatic heterocycles. The summed E-state index contributed by atoms with van der Waals surface area (Å²) < 4.78 is 0. The van der Waals surface area contributed by atoms with Gasteiger partial charge in [-0.25, -0.2) is 0 Å². The molecule has 0 amide bonds. The molecule has 0 N–H and O–H groups in total. The van der Waals surface area contributed by atoms with Gasteiger partial charge in [-0.2, -0.15) is 0 Å². The van der Waals surface area contributed by atoms with E-state index in [4.69, 9.17) is 0 Å². The lowest BCUT2D eigenvalue weighted by Crippen LogP contribution is -1.89. The summed E-state index contributed by atoms with van der Waals surface area (Å²) in [5.41, 5.74) is 7.23. The summed E-state index contributed by atoms with van der Waals surface area (Å²) in [5.74, 6) is 0. The van der Waals surface area contributed by atoms with Gasteiger partial charge in [0.1, 0.15) is 0 Å². The Kier molecular flexibility index (Phi) is 4.05. The third kappa shape index (κ3) is 2.86. The molecule has 0 unspecified atom stereocenters. The highest BCUT2D eigenvalue weighted by Crippen LogP contribution is 2.39. The van der Waals surface area contributed by atoms with E-state index in [9.17, 15) is 0 Å². The standard InChI is InChI=1S/C27H24/c1-2-3-8-19-15-22-11-6-13-24(26(22)16-19)25-14-7-12-23-17-20-9-4-5-10-21(20)18-27(23)25/h4-7,9-14,16-18H,2-3,8,15H2,1H3. The lowest BCUT2D eigenvalue weighted by molar-refractivity contribution is 0.779. The minimum Gasteiger partial charge on any atom is -0.0654 e. The Balaban J connectivity index is 1.70. The minimum atomic E-state index is 1.12. The van der Waals surface area contributed by atoms with Crippen LogP contribution >= 0.6 is 0 Å². The zero-order valence-electron chi connectivity index (χ0n) is 15.8. The molecule has 0 radical (unpaired) electrons. The SMILES string of the molecule is CCCCC1=Cc2c(cccc2-c2cccc3cc4ccccc4cc23)C1. The molecule has 4 aromatic carbocycles. The summed E-state index contributed by atoms with van der Waals surface area (Å²) in [6, 6.07) is 26.9. The van der Waals surface area contributed by atoms with Crippen molar-refractivity contribution in [2.24, 2.45) is 0 Å². The predicted octanol–water partition coefficient (Wildman–Crippen LogP) is 7.79. The number of hydrogen-bond donors (Lipinski definition) is 0. The molecule has 0 heterocycles. The molecule has 0 saturated heterocycles. The summed E-state index contributed by atoms with van der Waals surface area (Å²) in [6.07, 6.45) is 7.36. The highest BCUT2D eigenvalue weighted by molar-refractivity contribution is 6.06. The number of benzene rings is 4. The van der Waals surface area contributed by atoms with Crippen LogP contribution in [0.15, 0.2) is 78.4 Å². The lowest BCUT2D eigenvalue weighted by atomic mass is 9.92. The van der Waals surface area contributed by atoms with Gasteiger partial charge < -0.3 is 0 Å². The van der Waals surface area contributed by atoms with Gasteiger partial charge in [0.15, 0.2) is 0 Å². The van der Waals surface area contributed by atoms with E-state index in [2.05, 4.69) is 85.8 Å². The molecule has 0 bridgehead atoms. The Morgan fingerprint density at radius 1 is 0.741 bits per heavy atom. The van der Waals surface area contributed by atoms with Gasteiger partial charge in [0, 0.05) is 0 Å². The van der Waals surface area contributed by atoms with Crippen LogP contribution in [0.1, 0.15) is 37.3 Å². The lowest BCUT2D eigenvalue weighted by Gasteiger charge is -2.12. The van der Waals surface area contributed by atoms with Crippen LogP contribution in [0.5, 0.6) is 0 Å². The first-order valence-corrected chi connectivity index (χ1v) is 10.1. The Morgan fingerprint density at radius 2 is 1.48 bits per heavy atom. The molecule has 1 aliphatic carbocycles. The average Bonchev–Trinajstić information content (AvgIpc) is 3.13. The van der Waals surface area contributed by atoms with Crippen molar-refractivity contribution in [3.63, 3.8) is 0 Å². The smallest absolute Gasteiger partial charge is 0.00576 e. The van der Waals surface area contributed by atoms with Crippen LogP contribution in [-0.2, 0) is 6.42 Å². The molecule has 0 spiro atoms. The monoisotopic (exact) mass is 348 g/mol. The maximum absolute atomic E-state index is 2.46. The van der Waals surface area contributed by atoms with Crippen LogP contribution in [-0.4, -0.2) is 0 Å². The fourth-order valence-electron chi connectivity index (χ4n) is 4.44. The van der Waals surface area contributed by atoms with Gasteiger partial charge in [-0.15, -0.1) is 0 Å². The van der Waals surface area contributed by atoms with E-state index in [1.54, 1.807) is 5.57 Å². The van der Waals surface area contributed by atoms with Crippen molar-refractivity contribution in [1.82, 2.24) is 0 Å². The molecule has 27 heavy (non-hydrogen) atoms. The second-order valence-corrected chi connectivity index (χ2v) is 7.69. The van der Waals surface area contributed by atoms with Crippen LogP contribution in [0.2, 0.25) is 0 Å². The summed E-state index contributed by atoms with van der Waals surface area (Å²) in [6.45, 7) is 2.27. The molecular weight excluding hydrogens is 324 g/mol. The second-order valence-electron chi connectivity index (χ2n) is 7.69. The third-order valence-corrected chi connectivity index (χ3v) is 5.85. The molecule has 1 aliphatic rings. The van der Waals surface area contributed by atoms with Crippen LogP contribution < -0.4 is 0 Å². The fourth-order valence-corrected chi connectivity index (χ4v) is 4.44. The highest BCUT2D eigenvalue weighted by atomic mass is 14.2. The summed E-state index contributed by atoms with van der Waals surface area (Å²) in [5, 5.41) is 5.28. The summed E-state index contributed by atoms with van der Waals surface area (Å²) >= 11 is 0. The molecule has 0 fully saturated rings. The molecule has 5 rings (SSSR count). The number of hydrogen-bond acceptors (Lipinski definition) is 0. The average molecular weight is 348 g/mol. The molecule has 0 heteroatoms. The van der Waals surface area contributed by atoms with Crippen molar-refractivity contribution in [1.29, 1.82) is 0 Å². The largest absolute Gasteiger partial charge is 0.0654 e. The van der Waals surface area contributed by atoms with E-state index >= 15 is 0 Å². The van der Waals surface area contributed by atoms with E-state index in [0.717, 1.165) is 6.42 Å². The maximum Gasteiger partial charge on any atom is -0.00576 e. The van der Waals surface area contributed by atoms with Gasteiger partial charge in [0.2, 0.25) is 0 Å².